The van der Waals surface area contributed by atoms with Crippen molar-refractivity contribution in [3.05, 3.63) is 35.6 Å². The molecule has 0 radical (unpaired) electrons. The molecular weight excluding hydrogens is 259 g/mol. The number of carbonyl (C=O) groups excluding carboxylic acids is 2. The van der Waals surface area contributed by atoms with E-state index in [1.54, 1.807) is 12.1 Å². The smallest absolute Gasteiger partial charge is 0.234 e. The van der Waals surface area contributed by atoms with Crippen LogP contribution in [0.25, 0.3) is 0 Å². The summed E-state index contributed by atoms with van der Waals surface area (Å²) in [6.45, 7) is 0.952. The van der Waals surface area contributed by atoms with Crippen molar-refractivity contribution in [1.82, 2.24) is 4.90 Å². The highest BCUT2D eigenvalue weighted by Crippen LogP contribution is 2.16. The van der Waals surface area contributed by atoms with Crippen molar-refractivity contribution in [2.75, 3.05) is 13.1 Å². The van der Waals surface area contributed by atoms with Gasteiger partial charge < -0.3 is 5.73 Å². The monoisotopic (exact) mass is 278 g/mol. The van der Waals surface area contributed by atoms with Gasteiger partial charge >= 0.3 is 0 Å². The minimum Gasteiger partial charge on any atom is -0.368 e. The fourth-order valence-electron chi connectivity index (χ4n) is 2.61. The number of hydrogen-bond donors (Lipinski definition) is 1. The van der Waals surface area contributed by atoms with Crippen molar-refractivity contribution < 1.29 is 14.0 Å². The number of amides is 1. The number of piperidine rings is 1. The molecule has 1 saturated heterocycles. The number of Topliss-reactive ketones (excluding diaryl/α,β-unsaturated/α-hetero) is 1. The molecule has 1 aliphatic heterocycles. The van der Waals surface area contributed by atoms with E-state index in [1.807, 2.05) is 4.90 Å². The number of primary amides is 1. The van der Waals surface area contributed by atoms with Crippen LogP contribution in [-0.4, -0.2) is 35.7 Å². The minimum absolute atomic E-state index is 0.0183. The molecule has 2 N–H and O–H groups in total. The molecule has 1 fully saturated rings. The van der Waals surface area contributed by atoms with Crippen LogP contribution in [0.2, 0.25) is 0 Å². The predicted octanol–water partition coefficient (Wildman–Crippen LogP) is 1.28. The van der Waals surface area contributed by atoms with Gasteiger partial charge in [0.25, 0.3) is 0 Å². The molecule has 5 heteroatoms. The van der Waals surface area contributed by atoms with Crippen LogP contribution in [0.5, 0.6) is 0 Å². The molecule has 108 valence electrons. The van der Waals surface area contributed by atoms with Gasteiger partial charge in [0.2, 0.25) is 5.91 Å². The average molecular weight is 278 g/mol. The number of carbonyl (C=O) groups is 2. The van der Waals surface area contributed by atoms with Gasteiger partial charge in [-0.15, -0.1) is 0 Å². The highest BCUT2D eigenvalue weighted by atomic mass is 19.1. The first-order chi connectivity index (χ1) is 9.56. The molecule has 0 spiro atoms. The van der Waals surface area contributed by atoms with Crippen LogP contribution in [-0.2, 0) is 16.0 Å². The molecule has 1 atom stereocenters. The van der Waals surface area contributed by atoms with Crippen LogP contribution < -0.4 is 5.73 Å². The molecule has 1 amide bonds. The second-order valence-corrected chi connectivity index (χ2v) is 5.23. The number of nitrogens with zero attached hydrogens (tertiary/aromatic N) is 1. The van der Waals surface area contributed by atoms with Gasteiger partial charge in [0.15, 0.2) is 5.78 Å². The van der Waals surface area contributed by atoms with Gasteiger partial charge in [0.05, 0.1) is 12.6 Å². The van der Waals surface area contributed by atoms with Crippen LogP contribution >= 0.6 is 0 Å². The minimum atomic E-state index is -0.362. The second-order valence-electron chi connectivity index (χ2n) is 5.23. The summed E-state index contributed by atoms with van der Waals surface area (Å²) in [5.41, 5.74) is 6.15. The molecule has 1 unspecified atom stereocenters. The Kier molecular flexibility index (Phi) is 4.84. The van der Waals surface area contributed by atoms with E-state index >= 15 is 0 Å². The number of ketones is 1. The first-order valence-electron chi connectivity index (χ1n) is 6.86. The molecule has 4 nitrogen and oxygen atoms in total. The van der Waals surface area contributed by atoms with Crippen molar-refractivity contribution in [1.29, 1.82) is 0 Å². The molecular formula is C15H19FN2O2. The fraction of sp³-hybridized carbons (Fsp3) is 0.467. The number of benzene rings is 1. The summed E-state index contributed by atoms with van der Waals surface area (Å²) in [4.78, 5) is 25.3. The van der Waals surface area contributed by atoms with E-state index in [-0.39, 0.29) is 36.5 Å². The fourth-order valence-corrected chi connectivity index (χ4v) is 2.61. The zero-order valence-corrected chi connectivity index (χ0v) is 11.3. The summed E-state index contributed by atoms with van der Waals surface area (Å²) in [6, 6.07) is 5.57. The third-order valence-corrected chi connectivity index (χ3v) is 3.64. The Morgan fingerprint density at radius 2 is 1.95 bits per heavy atom. The van der Waals surface area contributed by atoms with Gasteiger partial charge in [-0.2, -0.15) is 0 Å². The van der Waals surface area contributed by atoms with Gasteiger partial charge in [-0.1, -0.05) is 18.6 Å². The Balaban J connectivity index is 1.92. The Morgan fingerprint density at radius 1 is 1.25 bits per heavy atom. The Bertz CT molecular complexity index is 487. The molecule has 1 heterocycles. The van der Waals surface area contributed by atoms with Gasteiger partial charge in [0, 0.05) is 6.42 Å². The third kappa shape index (κ3) is 3.87. The van der Waals surface area contributed by atoms with Crippen LogP contribution in [0.4, 0.5) is 4.39 Å². The lowest BCUT2D eigenvalue weighted by atomic mass is 10.0. The molecule has 0 bridgehead atoms. The number of hydrogen-bond acceptors (Lipinski definition) is 3. The molecule has 1 aromatic carbocycles. The zero-order chi connectivity index (χ0) is 14.5. The topological polar surface area (TPSA) is 63.4 Å². The first kappa shape index (κ1) is 14.7. The lowest BCUT2D eigenvalue weighted by Gasteiger charge is -2.32. The second kappa shape index (κ2) is 6.61. The lowest BCUT2D eigenvalue weighted by Crippen LogP contribution is -2.49. The lowest BCUT2D eigenvalue weighted by molar-refractivity contribution is -0.127. The first-order valence-corrected chi connectivity index (χ1v) is 6.86. The summed E-state index contributed by atoms with van der Waals surface area (Å²) in [5, 5.41) is 0. The van der Waals surface area contributed by atoms with E-state index in [1.165, 1.54) is 12.1 Å². The molecule has 2 rings (SSSR count). The Labute approximate surface area is 117 Å². The predicted molar refractivity (Wildman–Crippen MR) is 73.5 cm³/mol. The Hall–Kier alpha value is -1.75. The molecule has 1 aliphatic rings. The van der Waals surface area contributed by atoms with E-state index in [0.29, 0.717) is 0 Å². The quantitative estimate of drug-likeness (QED) is 0.882. The van der Waals surface area contributed by atoms with E-state index in [2.05, 4.69) is 0 Å². The maximum absolute atomic E-state index is 12.8. The molecule has 0 aromatic heterocycles. The van der Waals surface area contributed by atoms with Gasteiger partial charge in [-0.05, 0) is 37.1 Å². The van der Waals surface area contributed by atoms with Gasteiger partial charge in [0.1, 0.15) is 5.82 Å². The summed E-state index contributed by atoms with van der Waals surface area (Å²) in [6.07, 6.45) is 2.92. The standard InChI is InChI=1S/C15H19FN2O2/c16-12-6-4-11(5-7-12)9-13(19)10-18-8-2-1-3-14(18)15(17)20/h4-7,14H,1-3,8-10H2,(H2,17,20). The van der Waals surface area contributed by atoms with Crippen molar-refractivity contribution in [3.8, 4) is 0 Å². The van der Waals surface area contributed by atoms with Crippen molar-refractivity contribution in [2.45, 2.75) is 31.7 Å². The summed E-state index contributed by atoms with van der Waals surface area (Å²) >= 11 is 0. The number of likely N-dealkylation sites (tertiary alicyclic amines) is 1. The maximum atomic E-state index is 12.8. The molecule has 20 heavy (non-hydrogen) atoms. The van der Waals surface area contributed by atoms with E-state index in [4.69, 9.17) is 5.73 Å². The highest BCUT2D eigenvalue weighted by molar-refractivity contribution is 5.85. The van der Waals surface area contributed by atoms with Crippen molar-refractivity contribution in [2.24, 2.45) is 5.73 Å². The van der Waals surface area contributed by atoms with Crippen LogP contribution in [0, 0.1) is 5.82 Å². The number of halogens is 1. The summed E-state index contributed by atoms with van der Waals surface area (Å²) < 4.78 is 12.8. The van der Waals surface area contributed by atoms with Gasteiger partial charge in [-0.3, -0.25) is 14.5 Å². The summed E-state index contributed by atoms with van der Waals surface area (Å²) in [7, 11) is 0. The number of nitrogens with two attached hydrogens (primary N) is 1. The SMILES string of the molecule is NC(=O)C1CCCCN1CC(=O)Cc1ccc(F)cc1. The average Bonchev–Trinajstić information content (AvgIpc) is 2.41. The van der Waals surface area contributed by atoms with E-state index in [9.17, 15) is 14.0 Å². The molecule has 0 saturated carbocycles. The highest BCUT2D eigenvalue weighted by Gasteiger charge is 2.28. The third-order valence-electron chi connectivity index (χ3n) is 3.64. The molecule has 1 aromatic rings. The maximum Gasteiger partial charge on any atom is 0.234 e. The van der Waals surface area contributed by atoms with Crippen LogP contribution in [0.15, 0.2) is 24.3 Å². The van der Waals surface area contributed by atoms with Crippen LogP contribution in [0.1, 0.15) is 24.8 Å². The summed E-state index contributed by atoms with van der Waals surface area (Å²) in [5.74, 6) is -0.657. The van der Waals surface area contributed by atoms with E-state index in [0.717, 1.165) is 31.4 Å². The largest absolute Gasteiger partial charge is 0.368 e. The normalized spacial score (nSPS) is 19.8. The number of rotatable bonds is 5. The van der Waals surface area contributed by atoms with Crippen molar-refractivity contribution in [3.63, 3.8) is 0 Å². The van der Waals surface area contributed by atoms with Crippen LogP contribution in [0.3, 0.4) is 0 Å². The molecule has 0 aliphatic carbocycles. The Morgan fingerprint density at radius 3 is 2.60 bits per heavy atom. The zero-order valence-electron chi connectivity index (χ0n) is 11.3. The van der Waals surface area contributed by atoms with Crippen molar-refractivity contribution >= 4 is 11.7 Å². The van der Waals surface area contributed by atoms with Gasteiger partial charge in [-0.25, -0.2) is 4.39 Å². The van der Waals surface area contributed by atoms with E-state index < -0.39 is 0 Å².